The predicted octanol–water partition coefficient (Wildman–Crippen LogP) is 2.95. The van der Waals surface area contributed by atoms with Crippen LogP contribution in [0, 0.1) is 6.92 Å². The van der Waals surface area contributed by atoms with E-state index in [2.05, 4.69) is 42.0 Å². The van der Waals surface area contributed by atoms with Crippen molar-refractivity contribution in [2.24, 2.45) is 0 Å². The lowest BCUT2D eigenvalue weighted by atomic mass is 10.0. The average molecular weight is 249 g/mol. The summed E-state index contributed by atoms with van der Waals surface area (Å²) >= 11 is 0. The lowest BCUT2D eigenvalue weighted by Crippen LogP contribution is -2.43. The van der Waals surface area contributed by atoms with Crippen LogP contribution < -0.4 is 10.2 Å². The van der Waals surface area contributed by atoms with Crippen molar-refractivity contribution in [3.05, 3.63) is 23.4 Å². The van der Waals surface area contributed by atoms with Gasteiger partial charge in [-0.25, -0.2) is 4.98 Å². The van der Waals surface area contributed by atoms with Gasteiger partial charge in [0.15, 0.2) is 0 Å². The monoisotopic (exact) mass is 249 g/mol. The Kier molecular flexibility index (Phi) is 6.13. The Morgan fingerprint density at radius 3 is 2.33 bits per heavy atom. The summed E-state index contributed by atoms with van der Waals surface area (Å²) in [6, 6.07) is 2.22. The van der Waals surface area contributed by atoms with Crippen molar-refractivity contribution in [2.45, 2.75) is 40.5 Å². The number of hydrogen-bond donors (Lipinski definition) is 1. The molecule has 0 unspecified atom stereocenters. The Morgan fingerprint density at radius 1 is 1.22 bits per heavy atom. The zero-order valence-electron chi connectivity index (χ0n) is 12.5. The first-order chi connectivity index (χ1) is 8.68. The van der Waals surface area contributed by atoms with E-state index in [0.29, 0.717) is 5.92 Å². The van der Waals surface area contributed by atoms with E-state index in [1.807, 2.05) is 20.0 Å². The van der Waals surface area contributed by atoms with Crippen LogP contribution in [0.1, 0.15) is 44.7 Å². The molecule has 1 N–H and O–H groups in total. The summed E-state index contributed by atoms with van der Waals surface area (Å²) in [7, 11) is 0. The molecule has 0 radical (unpaired) electrons. The molecule has 1 aromatic rings. The molecule has 1 fully saturated rings. The highest BCUT2D eigenvalue weighted by molar-refractivity contribution is 5.44. The highest BCUT2D eigenvalue weighted by atomic mass is 15.2. The van der Waals surface area contributed by atoms with Crippen LogP contribution in [0.3, 0.4) is 0 Å². The number of piperazine rings is 1. The van der Waals surface area contributed by atoms with E-state index < -0.39 is 0 Å². The smallest absolute Gasteiger partial charge is 0.128 e. The third kappa shape index (κ3) is 3.70. The van der Waals surface area contributed by atoms with Crippen LogP contribution in [-0.2, 0) is 0 Å². The maximum absolute atomic E-state index is 4.58. The third-order valence-electron chi connectivity index (χ3n) is 3.20. The average Bonchev–Trinajstić information content (AvgIpc) is 2.41. The summed E-state index contributed by atoms with van der Waals surface area (Å²) in [5.41, 5.74) is 2.72. The summed E-state index contributed by atoms with van der Waals surface area (Å²) in [6.07, 6.45) is 2.04. The van der Waals surface area contributed by atoms with Gasteiger partial charge in [0.2, 0.25) is 0 Å². The molecule has 102 valence electrons. The fraction of sp³-hybridized carbons (Fsp3) is 0.667. The topological polar surface area (TPSA) is 28.2 Å². The normalized spacial score (nSPS) is 15.3. The summed E-state index contributed by atoms with van der Waals surface area (Å²) < 4.78 is 0. The van der Waals surface area contributed by atoms with Gasteiger partial charge in [-0.3, -0.25) is 0 Å². The highest BCUT2D eigenvalue weighted by Crippen LogP contribution is 2.22. The van der Waals surface area contributed by atoms with Gasteiger partial charge in [0.1, 0.15) is 5.82 Å². The van der Waals surface area contributed by atoms with E-state index in [1.54, 1.807) is 0 Å². The van der Waals surface area contributed by atoms with Crippen molar-refractivity contribution in [3.8, 4) is 0 Å². The molecule has 2 heterocycles. The first-order valence-electron chi connectivity index (χ1n) is 7.10. The van der Waals surface area contributed by atoms with E-state index in [-0.39, 0.29) is 0 Å². The molecule has 0 aliphatic carbocycles. The fourth-order valence-electron chi connectivity index (χ4n) is 2.22. The minimum Gasteiger partial charge on any atom is -0.354 e. The molecule has 3 heteroatoms. The highest BCUT2D eigenvalue weighted by Gasteiger charge is 2.13. The fourth-order valence-corrected chi connectivity index (χ4v) is 2.22. The molecule has 1 saturated heterocycles. The second kappa shape index (κ2) is 7.37. The number of anilines is 1. The summed E-state index contributed by atoms with van der Waals surface area (Å²) in [6.45, 7) is 14.9. The molecule has 0 saturated carbocycles. The minimum absolute atomic E-state index is 0.560. The standard InChI is InChI=1S/C13H21N3.C2H6/c1-10(2)12-9-15-13(8-11(12)3)16-6-4-14-5-7-16;1-2/h8-10,14H,4-7H2,1-3H3;1-2H3. The molecule has 0 bridgehead atoms. The number of hydrogen-bond acceptors (Lipinski definition) is 3. The van der Waals surface area contributed by atoms with E-state index in [4.69, 9.17) is 0 Å². The molecule has 1 aliphatic rings. The third-order valence-corrected chi connectivity index (χ3v) is 3.20. The zero-order valence-corrected chi connectivity index (χ0v) is 12.5. The SMILES string of the molecule is CC.Cc1cc(N2CCNCC2)ncc1C(C)C. The van der Waals surface area contributed by atoms with Gasteiger partial charge >= 0.3 is 0 Å². The number of pyridine rings is 1. The first-order valence-corrected chi connectivity index (χ1v) is 7.10. The van der Waals surface area contributed by atoms with Gasteiger partial charge in [-0.15, -0.1) is 0 Å². The van der Waals surface area contributed by atoms with Gasteiger partial charge in [-0.1, -0.05) is 27.7 Å². The second-order valence-electron chi connectivity index (χ2n) is 4.79. The second-order valence-corrected chi connectivity index (χ2v) is 4.79. The van der Waals surface area contributed by atoms with Crippen LogP contribution in [0.4, 0.5) is 5.82 Å². The number of aromatic nitrogens is 1. The van der Waals surface area contributed by atoms with Crippen LogP contribution in [0.2, 0.25) is 0 Å². The van der Waals surface area contributed by atoms with Gasteiger partial charge in [-0.2, -0.15) is 0 Å². The van der Waals surface area contributed by atoms with Crippen LogP contribution in [0.5, 0.6) is 0 Å². The van der Waals surface area contributed by atoms with Gasteiger partial charge in [0, 0.05) is 32.4 Å². The van der Waals surface area contributed by atoms with Crippen LogP contribution in [0.25, 0.3) is 0 Å². The Hall–Kier alpha value is -1.09. The maximum atomic E-state index is 4.58. The largest absolute Gasteiger partial charge is 0.354 e. The Morgan fingerprint density at radius 2 is 1.83 bits per heavy atom. The van der Waals surface area contributed by atoms with Crippen molar-refractivity contribution in [3.63, 3.8) is 0 Å². The van der Waals surface area contributed by atoms with Crippen molar-refractivity contribution in [1.82, 2.24) is 10.3 Å². The van der Waals surface area contributed by atoms with Crippen LogP contribution in [0.15, 0.2) is 12.3 Å². The zero-order chi connectivity index (χ0) is 13.5. The molecule has 0 spiro atoms. The summed E-state index contributed by atoms with van der Waals surface area (Å²) in [5, 5.41) is 3.36. The maximum Gasteiger partial charge on any atom is 0.128 e. The number of nitrogens with one attached hydrogen (secondary N) is 1. The molecule has 0 aromatic carbocycles. The number of aryl methyl sites for hydroxylation is 1. The predicted molar refractivity (Wildman–Crippen MR) is 79.5 cm³/mol. The first kappa shape index (κ1) is 15.0. The molecule has 3 nitrogen and oxygen atoms in total. The van der Waals surface area contributed by atoms with Crippen molar-refractivity contribution in [1.29, 1.82) is 0 Å². The van der Waals surface area contributed by atoms with Gasteiger partial charge in [-0.05, 0) is 30.0 Å². The van der Waals surface area contributed by atoms with E-state index in [9.17, 15) is 0 Å². The molecular formula is C15H27N3. The van der Waals surface area contributed by atoms with Gasteiger partial charge in [0.25, 0.3) is 0 Å². The van der Waals surface area contributed by atoms with Gasteiger partial charge < -0.3 is 10.2 Å². The molecule has 2 rings (SSSR count). The van der Waals surface area contributed by atoms with E-state index >= 15 is 0 Å². The quantitative estimate of drug-likeness (QED) is 0.873. The lowest BCUT2D eigenvalue weighted by Gasteiger charge is -2.29. The van der Waals surface area contributed by atoms with Crippen molar-refractivity contribution in [2.75, 3.05) is 31.1 Å². The lowest BCUT2D eigenvalue weighted by molar-refractivity contribution is 0.584. The van der Waals surface area contributed by atoms with Crippen LogP contribution >= 0.6 is 0 Å². The molecule has 1 aromatic heterocycles. The number of nitrogens with zero attached hydrogens (tertiary/aromatic N) is 2. The molecule has 0 amide bonds. The molecule has 1 aliphatic heterocycles. The Labute approximate surface area is 112 Å². The van der Waals surface area contributed by atoms with Crippen molar-refractivity contribution < 1.29 is 0 Å². The number of rotatable bonds is 2. The molecule has 0 atom stereocenters. The van der Waals surface area contributed by atoms with Crippen molar-refractivity contribution >= 4 is 5.82 Å². The van der Waals surface area contributed by atoms with E-state index in [1.165, 1.54) is 11.1 Å². The minimum atomic E-state index is 0.560. The van der Waals surface area contributed by atoms with Crippen LogP contribution in [-0.4, -0.2) is 31.2 Å². The Balaban J connectivity index is 0.000000771. The van der Waals surface area contributed by atoms with Gasteiger partial charge in [0.05, 0.1) is 0 Å². The van der Waals surface area contributed by atoms with E-state index in [0.717, 1.165) is 32.0 Å². The molecule has 18 heavy (non-hydrogen) atoms. The summed E-state index contributed by atoms with van der Waals surface area (Å²) in [5.74, 6) is 1.69. The molecular weight excluding hydrogens is 222 g/mol. The Bertz CT molecular complexity index is 355. The summed E-state index contributed by atoms with van der Waals surface area (Å²) in [4.78, 5) is 6.94.